The molecule has 0 heterocycles. The molecule has 0 spiro atoms. The second kappa shape index (κ2) is 5.72. The van der Waals surface area contributed by atoms with Gasteiger partial charge >= 0.3 is 0 Å². The fourth-order valence-electron chi connectivity index (χ4n) is 2.74. The Hall–Kier alpha value is -0.490. The van der Waals surface area contributed by atoms with Crippen LogP contribution >= 0.6 is 11.6 Å². The summed E-state index contributed by atoms with van der Waals surface area (Å²) in [6.07, 6.45) is 9.76. The minimum absolute atomic E-state index is 0.884. The van der Waals surface area contributed by atoms with Gasteiger partial charge in [0.05, 0.1) is 0 Å². The predicted octanol–water partition coefficient (Wildman–Crippen LogP) is 5.16. The van der Waals surface area contributed by atoms with Crippen LogP contribution in [0.1, 0.15) is 49.7 Å². The molecule has 1 aromatic carbocycles. The van der Waals surface area contributed by atoms with Gasteiger partial charge in [-0.15, -0.1) is 0 Å². The topological polar surface area (TPSA) is 0 Å². The van der Waals surface area contributed by atoms with Crippen molar-refractivity contribution >= 4 is 11.6 Å². The maximum absolute atomic E-state index is 6.07. The molecule has 1 saturated carbocycles. The quantitative estimate of drug-likeness (QED) is 0.622. The van der Waals surface area contributed by atoms with Gasteiger partial charge in [-0.3, -0.25) is 0 Å². The fraction of sp³-hybridized carbons (Fsp3) is 0.600. The van der Waals surface area contributed by atoms with Crippen LogP contribution in [0, 0.1) is 12.8 Å². The first kappa shape index (κ1) is 12.0. The van der Waals surface area contributed by atoms with Crippen LogP contribution in [0.4, 0.5) is 0 Å². The van der Waals surface area contributed by atoms with Crippen LogP contribution in [0.15, 0.2) is 18.2 Å². The SMILES string of the molecule is Cc1ccc(Cl)cc1CC1CCCCCC1. The Bertz CT molecular complexity index is 335. The molecule has 88 valence electrons. The minimum Gasteiger partial charge on any atom is -0.0843 e. The van der Waals surface area contributed by atoms with Crippen molar-refractivity contribution in [2.45, 2.75) is 51.9 Å². The zero-order chi connectivity index (χ0) is 11.4. The summed E-state index contributed by atoms with van der Waals surface area (Å²) >= 11 is 6.07. The third-order valence-electron chi connectivity index (χ3n) is 3.79. The van der Waals surface area contributed by atoms with Crippen molar-refractivity contribution in [3.05, 3.63) is 34.3 Å². The standard InChI is InChI=1S/C15H21Cl/c1-12-8-9-15(16)11-14(12)10-13-6-4-2-3-5-7-13/h8-9,11,13H,2-7,10H2,1H3. The van der Waals surface area contributed by atoms with Gasteiger partial charge in [-0.25, -0.2) is 0 Å². The van der Waals surface area contributed by atoms with Gasteiger partial charge < -0.3 is 0 Å². The monoisotopic (exact) mass is 236 g/mol. The zero-order valence-corrected chi connectivity index (χ0v) is 10.9. The maximum atomic E-state index is 6.07. The summed E-state index contributed by atoms with van der Waals surface area (Å²) in [6, 6.07) is 6.30. The van der Waals surface area contributed by atoms with E-state index in [1.807, 2.05) is 6.07 Å². The van der Waals surface area contributed by atoms with Crippen LogP contribution in [0.2, 0.25) is 5.02 Å². The molecule has 0 aliphatic heterocycles. The summed E-state index contributed by atoms with van der Waals surface area (Å²) in [6.45, 7) is 2.20. The second-order valence-electron chi connectivity index (χ2n) is 5.13. The summed E-state index contributed by atoms with van der Waals surface area (Å²) < 4.78 is 0. The molecule has 0 N–H and O–H groups in total. The summed E-state index contributed by atoms with van der Waals surface area (Å²) in [4.78, 5) is 0. The Morgan fingerprint density at radius 2 is 1.81 bits per heavy atom. The molecule has 1 aliphatic carbocycles. The van der Waals surface area contributed by atoms with E-state index in [2.05, 4.69) is 19.1 Å². The molecule has 0 nitrogen and oxygen atoms in total. The smallest absolute Gasteiger partial charge is 0.0408 e. The van der Waals surface area contributed by atoms with Crippen LogP contribution in [-0.2, 0) is 6.42 Å². The van der Waals surface area contributed by atoms with E-state index in [1.165, 1.54) is 56.1 Å². The molecule has 0 unspecified atom stereocenters. The lowest BCUT2D eigenvalue weighted by atomic mass is 9.91. The maximum Gasteiger partial charge on any atom is 0.0408 e. The number of benzene rings is 1. The van der Waals surface area contributed by atoms with Crippen LogP contribution in [-0.4, -0.2) is 0 Å². The molecule has 2 rings (SSSR count). The van der Waals surface area contributed by atoms with Gasteiger partial charge in [-0.2, -0.15) is 0 Å². The lowest BCUT2D eigenvalue weighted by molar-refractivity contribution is 0.457. The Balaban J connectivity index is 2.04. The van der Waals surface area contributed by atoms with Crippen molar-refractivity contribution in [3.63, 3.8) is 0 Å². The summed E-state index contributed by atoms with van der Waals surface area (Å²) in [5.74, 6) is 0.889. The Labute approximate surface area is 104 Å². The van der Waals surface area contributed by atoms with Crippen molar-refractivity contribution in [1.82, 2.24) is 0 Å². The van der Waals surface area contributed by atoms with E-state index in [-0.39, 0.29) is 0 Å². The van der Waals surface area contributed by atoms with Gasteiger partial charge in [-0.1, -0.05) is 56.2 Å². The lowest BCUT2D eigenvalue weighted by Crippen LogP contribution is -2.04. The van der Waals surface area contributed by atoms with Gasteiger partial charge in [0.15, 0.2) is 0 Å². The Morgan fingerprint density at radius 1 is 1.12 bits per heavy atom. The number of rotatable bonds is 2. The van der Waals surface area contributed by atoms with Gasteiger partial charge in [0.25, 0.3) is 0 Å². The predicted molar refractivity (Wildman–Crippen MR) is 71.1 cm³/mol. The van der Waals surface area contributed by atoms with Gasteiger partial charge in [0, 0.05) is 5.02 Å². The molecule has 0 bridgehead atoms. The first-order chi connectivity index (χ1) is 7.75. The largest absolute Gasteiger partial charge is 0.0843 e. The molecule has 0 saturated heterocycles. The Kier molecular flexibility index (Phi) is 4.29. The summed E-state index contributed by atoms with van der Waals surface area (Å²) in [5.41, 5.74) is 2.85. The summed E-state index contributed by atoms with van der Waals surface area (Å²) in [7, 11) is 0. The molecule has 0 radical (unpaired) electrons. The van der Waals surface area contributed by atoms with Crippen molar-refractivity contribution < 1.29 is 0 Å². The van der Waals surface area contributed by atoms with E-state index in [0.717, 1.165) is 10.9 Å². The zero-order valence-electron chi connectivity index (χ0n) is 10.1. The molecule has 0 amide bonds. The molecule has 0 atom stereocenters. The fourth-order valence-corrected chi connectivity index (χ4v) is 2.93. The molecular formula is C15H21Cl. The van der Waals surface area contributed by atoms with E-state index in [4.69, 9.17) is 11.6 Å². The highest BCUT2D eigenvalue weighted by molar-refractivity contribution is 6.30. The first-order valence-corrected chi connectivity index (χ1v) is 6.88. The van der Waals surface area contributed by atoms with E-state index in [9.17, 15) is 0 Å². The average molecular weight is 237 g/mol. The first-order valence-electron chi connectivity index (χ1n) is 6.51. The van der Waals surface area contributed by atoms with Crippen LogP contribution in [0.25, 0.3) is 0 Å². The highest BCUT2D eigenvalue weighted by atomic mass is 35.5. The van der Waals surface area contributed by atoms with Crippen molar-refractivity contribution in [2.75, 3.05) is 0 Å². The van der Waals surface area contributed by atoms with Crippen LogP contribution < -0.4 is 0 Å². The van der Waals surface area contributed by atoms with Crippen molar-refractivity contribution in [1.29, 1.82) is 0 Å². The lowest BCUT2D eigenvalue weighted by Gasteiger charge is -2.15. The van der Waals surface area contributed by atoms with E-state index >= 15 is 0 Å². The summed E-state index contributed by atoms with van der Waals surface area (Å²) in [5, 5.41) is 0.884. The molecular weight excluding hydrogens is 216 g/mol. The average Bonchev–Trinajstić information content (AvgIpc) is 2.52. The third kappa shape index (κ3) is 3.25. The van der Waals surface area contributed by atoms with Crippen molar-refractivity contribution in [2.24, 2.45) is 5.92 Å². The Morgan fingerprint density at radius 3 is 2.50 bits per heavy atom. The van der Waals surface area contributed by atoms with Crippen molar-refractivity contribution in [3.8, 4) is 0 Å². The van der Waals surface area contributed by atoms with E-state index in [1.54, 1.807) is 0 Å². The van der Waals surface area contributed by atoms with Gasteiger partial charge in [0.1, 0.15) is 0 Å². The number of halogens is 1. The van der Waals surface area contributed by atoms with E-state index in [0.29, 0.717) is 0 Å². The molecule has 1 fully saturated rings. The molecule has 1 aromatic rings. The van der Waals surface area contributed by atoms with Gasteiger partial charge in [-0.05, 0) is 42.5 Å². The number of aryl methyl sites for hydroxylation is 1. The van der Waals surface area contributed by atoms with E-state index < -0.39 is 0 Å². The number of hydrogen-bond acceptors (Lipinski definition) is 0. The highest BCUT2D eigenvalue weighted by Gasteiger charge is 2.13. The molecule has 16 heavy (non-hydrogen) atoms. The van der Waals surface area contributed by atoms with Crippen LogP contribution in [0.5, 0.6) is 0 Å². The highest BCUT2D eigenvalue weighted by Crippen LogP contribution is 2.27. The van der Waals surface area contributed by atoms with Gasteiger partial charge in [0.2, 0.25) is 0 Å². The number of hydrogen-bond donors (Lipinski definition) is 0. The minimum atomic E-state index is 0.884. The normalized spacial score (nSPS) is 18.4. The molecule has 1 heteroatoms. The second-order valence-corrected chi connectivity index (χ2v) is 5.57. The third-order valence-corrected chi connectivity index (χ3v) is 4.03. The molecule has 0 aromatic heterocycles. The molecule has 1 aliphatic rings. The van der Waals surface area contributed by atoms with Crippen LogP contribution in [0.3, 0.4) is 0 Å².